The van der Waals surface area contributed by atoms with Crippen LogP contribution in [0.5, 0.6) is 5.75 Å². The molecule has 0 fully saturated rings. The molecule has 0 aliphatic rings. The standard InChI is InChI=1S/C12H6Br2F2O3/c13-6-3-8(14)11(10(4-6)19-12(15)16)9-2-1-7(5-17)18-9/h1-5,12H. The van der Waals surface area contributed by atoms with Crippen molar-refractivity contribution in [2.45, 2.75) is 6.61 Å². The average Bonchev–Trinajstić information content (AvgIpc) is 2.75. The number of carbonyl (C=O) groups is 1. The van der Waals surface area contributed by atoms with Gasteiger partial charge in [0, 0.05) is 8.95 Å². The first kappa shape index (κ1) is 14.2. The Kier molecular flexibility index (Phi) is 4.36. The third-order valence-electron chi connectivity index (χ3n) is 2.22. The molecule has 0 N–H and O–H groups in total. The maximum Gasteiger partial charge on any atom is 0.387 e. The van der Waals surface area contributed by atoms with E-state index >= 15 is 0 Å². The van der Waals surface area contributed by atoms with Gasteiger partial charge in [-0.15, -0.1) is 0 Å². The predicted molar refractivity (Wildman–Crippen MR) is 71.6 cm³/mol. The van der Waals surface area contributed by atoms with Crippen molar-refractivity contribution >= 4 is 38.1 Å². The molecule has 0 spiro atoms. The number of ether oxygens (including phenoxy) is 1. The zero-order chi connectivity index (χ0) is 14.0. The van der Waals surface area contributed by atoms with E-state index < -0.39 is 6.61 Å². The van der Waals surface area contributed by atoms with Gasteiger partial charge in [-0.05, 0) is 40.2 Å². The Morgan fingerprint density at radius 2 is 2.00 bits per heavy atom. The topological polar surface area (TPSA) is 39.4 Å². The zero-order valence-electron chi connectivity index (χ0n) is 9.20. The maximum absolute atomic E-state index is 12.4. The molecule has 0 radical (unpaired) electrons. The Bertz CT molecular complexity index is 611. The fourth-order valence-corrected chi connectivity index (χ4v) is 2.91. The van der Waals surface area contributed by atoms with E-state index in [0.29, 0.717) is 20.8 Å². The van der Waals surface area contributed by atoms with Crippen molar-refractivity contribution in [3.63, 3.8) is 0 Å². The second kappa shape index (κ2) is 5.83. The monoisotopic (exact) mass is 394 g/mol. The van der Waals surface area contributed by atoms with Crippen molar-refractivity contribution in [1.82, 2.24) is 0 Å². The van der Waals surface area contributed by atoms with Gasteiger partial charge in [-0.3, -0.25) is 4.79 Å². The molecule has 0 unspecified atom stereocenters. The normalized spacial score (nSPS) is 10.8. The second-order valence-electron chi connectivity index (χ2n) is 3.46. The lowest BCUT2D eigenvalue weighted by molar-refractivity contribution is -0.0495. The molecule has 1 heterocycles. The Labute approximate surface area is 123 Å². The Balaban J connectivity index is 2.56. The molecule has 0 aliphatic carbocycles. The van der Waals surface area contributed by atoms with Gasteiger partial charge in [0.15, 0.2) is 12.0 Å². The van der Waals surface area contributed by atoms with Gasteiger partial charge >= 0.3 is 6.61 Å². The highest BCUT2D eigenvalue weighted by Gasteiger charge is 2.18. The van der Waals surface area contributed by atoms with E-state index in [0.717, 1.165) is 0 Å². The number of hydrogen-bond acceptors (Lipinski definition) is 3. The number of halogens is 4. The molecule has 0 amide bonds. The van der Waals surface area contributed by atoms with Gasteiger partial charge in [0.2, 0.25) is 0 Å². The van der Waals surface area contributed by atoms with Crippen molar-refractivity contribution in [2.75, 3.05) is 0 Å². The van der Waals surface area contributed by atoms with Gasteiger partial charge in [-0.25, -0.2) is 0 Å². The SMILES string of the molecule is O=Cc1ccc(-c2c(Br)cc(Br)cc2OC(F)F)o1. The van der Waals surface area contributed by atoms with E-state index in [2.05, 4.69) is 36.6 Å². The largest absolute Gasteiger partial charge is 0.453 e. The van der Waals surface area contributed by atoms with Gasteiger partial charge in [0.05, 0.1) is 5.56 Å². The first-order chi connectivity index (χ1) is 9.01. The minimum atomic E-state index is -2.96. The lowest BCUT2D eigenvalue weighted by atomic mass is 10.1. The summed E-state index contributed by atoms with van der Waals surface area (Å²) >= 11 is 6.44. The van der Waals surface area contributed by atoms with E-state index in [-0.39, 0.29) is 17.3 Å². The van der Waals surface area contributed by atoms with Crippen molar-refractivity contribution in [2.24, 2.45) is 0 Å². The summed E-state index contributed by atoms with van der Waals surface area (Å²) in [5.41, 5.74) is 0.316. The van der Waals surface area contributed by atoms with Crippen molar-refractivity contribution < 1.29 is 22.7 Å². The highest BCUT2D eigenvalue weighted by Crippen LogP contribution is 2.40. The molecular formula is C12H6Br2F2O3. The molecule has 100 valence electrons. The number of rotatable bonds is 4. The van der Waals surface area contributed by atoms with Gasteiger partial charge in [0.25, 0.3) is 0 Å². The number of alkyl halides is 2. The van der Waals surface area contributed by atoms with E-state index in [1.165, 1.54) is 18.2 Å². The van der Waals surface area contributed by atoms with Crippen LogP contribution in [-0.2, 0) is 0 Å². The fraction of sp³-hybridized carbons (Fsp3) is 0.0833. The third-order valence-corrected chi connectivity index (χ3v) is 3.31. The summed E-state index contributed by atoms with van der Waals surface area (Å²) in [6.45, 7) is -2.96. The Morgan fingerprint density at radius 1 is 1.26 bits per heavy atom. The van der Waals surface area contributed by atoms with Gasteiger partial charge in [-0.2, -0.15) is 8.78 Å². The summed E-state index contributed by atoms with van der Waals surface area (Å²) in [4.78, 5) is 10.6. The van der Waals surface area contributed by atoms with Crippen LogP contribution < -0.4 is 4.74 Å². The van der Waals surface area contributed by atoms with Gasteiger partial charge in [0.1, 0.15) is 11.5 Å². The molecule has 0 aliphatic heterocycles. The molecule has 0 bridgehead atoms. The summed E-state index contributed by atoms with van der Waals surface area (Å²) in [6, 6.07) is 6.02. The van der Waals surface area contributed by atoms with Crippen LogP contribution in [0.4, 0.5) is 8.78 Å². The van der Waals surface area contributed by atoms with Crippen LogP contribution in [0.3, 0.4) is 0 Å². The minimum absolute atomic E-state index is 0.0527. The molecule has 19 heavy (non-hydrogen) atoms. The third kappa shape index (κ3) is 3.22. The lowest BCUT2D eigenvalue weighted by Crippen LogP contribution is -2.03. The average molecular weight is 396 g/mol. The fourth-order valence-electron chi connectivity index (χ4n) is 1.53. The Morgan fingerprint density at radius 3 is 2.58 bits per heavy atom. The first-order valence-corrected chi connectivity index (χ1v) is 6.59. The van der Waals surface area contributed by atoms with E-state index in [4.69, 9.17) is 4.42 Å². The number of hydrogen-bond donors (Lipinski definition) is 0. The molecule has 7 heteroatoms. The number of carbonyl (C=O) groups excluding carboxylic acids is 1. The van der Waals surface area contributed by atoms with E-state index in [1.54, 1.807) is 6.07 Å². The van der Waals surface area contributed by atoms with Crippen molar-refractivity contribution in [1.29, 1.82) is 0 Å². The minimum Gasteiger partial charge on any atom is -0.453 e. The summed E-state index contributed by atoms with van der Waals surface area (Å²) < 4.78 is 35.6. The number of furan rings is 1. The smallest absolute Gasteiger partial charge is 0.387 e. The maximum atomic E-state index is 12.4. The molecule has 0 saturated carbocycles. The molecule has 2 aromatic rings. The lowest BCUT2D eigenvalue weighted by Gasteiger charge is -2.11. The van der Waals surface area contributed by atoms with Gasteiger partial charge in [-0.1, -0.05) is 15.9 Å². The first-order valence-electron chi connectivity index (χ1n) is 5.00. The van der Waals surface area contributed by atoms with Crippen molar-refractivity contribution in [3.05, 3.63) is 39.0 Å². The summed E-state index contributed by atoms with van der Waals surface area (Å²) in [5.74, 6) is 0.313. The van der Waals surface area contributed by atoms with Crippen LogP contribution >= 0.6 is 31.9 Å². The van der Waals surface area contributed by atoms with Crippen LogP contribution in [0.15, 0.2) is 37.6 Å². The predicted octanol–water partition coefficient (Wildman–Crippen LogP) is 4.89. The number of aldehydes is 1. The molecule has 1 aromatic carbocycles. The van der Waals surface area contributed by atoms with Crippen LogP contribution in [0.2, 0.25) is 0 Å². The molecule has 0 saturated heterocycles. The molecule has 0 atom stereocenters. The Hall–Kier alpha value is -1.21. The second-order valence-corrected chi connectivity index (χ2v) is 5.23. The summed E-state index contributed by atoms with van der Waals surface area (Å²) in [6.07, 6.45) is 0.532. The zero-order valence-corrected chi connectivity index (χ0v) is 12.4. The van der Waals surface area contributed by atoms with Crippen LogP contribution in [0.25, 0.3) is 11.3 Å². The van der Waals surface area contributed by atoms with Gasteiger partial charge < -0.3 is 9.15 Å². The molecule has 2 rings (SSSR count). The van der Waals surface area contributed by atoms with Crippen LogP contribution in [0, 0.1) is 0 Å². The highest BCUT2D eigenvalue weighted by molar-refractivity contribution is 9.11. The van der Waals surface area contributed by atoms with Crippen molar-refractivity contribution in [3.8, 4) is 17.1 Å². The molecule has 1 aromatic heterocycles. The summed E-state index contributed by atoms with van der Waals surface area (Å²) in [5, 5.41) is 0. The van der Waals surface area contributed by atoms with E-state index in [9.17, 15) is 13.6 Å². The van der Waals surface area contributed by atoms with Crippen LogP contribution in [-0.4, -0.2) is 12.9 Å². The molecular weight excluding hydrogens is 390 g/mol. The van der Waals surface area contributed by atoms with Crippen LogP contribution in [0.1, 0.15) is 10.6 Å². The number of benzene rings is 1. The molecule has 3 nitrogen and oxygen atoms in total. The summed E-state index contributed by atoms with van der Waals surface area (Å²) in [7, 11) is 0. The highest BCUT2D eigenvalue weighted by atomic mass is 79.9. The van der Waals surface area contributed by atoms with E-state index in [1.807, 2.05) is 0 Å². The quantitative estimate of drug-likeness (QED) is 0.692.